The fraction of sp³-hybridized carbons (Fsp3) is 0.0909. The highest BCUT2D eigenvalue weighted by molar-refractivity contribution is 7.92. The largest absolute Gasteiger partial charge is 0.326 e. The van der Waals surface area contributed by atoms with Crippen molar-refractivity contribution in [1.82, 2.24) is 9.38 Å². The van der Waals surface area contributed by atoms with Crippen molar-refractivity contribution in [2.45, 2.75) is 17.7 Å². The Morgan fingerprint density at radius 3 is 2.63 bits per heavy atom. The number of hydrogen-bond donors (Lipinski definition) is 2. The average Bonchev–Trinajstić information content (AvgIpc) is 3.18. The molecule has 0 unspecified atom stereocenters. The fourth-order valence-electron chi connectivity index (χ4n) is 3.52. The summed E-state index contributed by atoms with van der Waals surface area (Å²) in [6.07, 6.45) is 4.74. The van der Waals surface area contributed by atoms with Gasteiger partial charge in [-0.3, -0.25) is 9.52 Å². The van der Waals surface area contributed by atoms with Gasteiger partial charge in [-0.25, -0.2) is 13.4 Å². The van der Waals surface area contributed by atoms with Gasteiger partial charge in [0.05, 0.1) is 10.6 Å². The van der Waals surface area contributed by atoms with Crippen molar-refractivity contribution in [3.05, 3.63) is 78.6 Å². The van der Waals surface area contributed by atoms with Crippen LogP contribution in [0.2, 0.25) is 0 Å². The minimum Gasteiger partial charge on any atom is -0.326 e. The summed E-state index contributed by atoms with van der Waals surface area (Å²) in [7, 11) is -3.74. The molecule has 0 aliphatic carbocycles. The molecule has 0 fully saturated rings. The lowest BCUT2D eigenvalue weighted by molar-refractivity contribution is -0.116. The summed E-state index contributed by atoms with van der Waals surface area (Å²) in [4.78, 5) is 16.2. The standard InChI is InChI=1S/C22H18N4O3S/c27-22-11-6-16-13-18(9-10-19(16)24-22)30(28,29)25-17-7-4-15(5-8-17)20-14-26-12-2-1-3-21(26)23-20/h1-5,7-10,12-14,25H,6,11H2,(H,24,27). The molecule has 2 aromatic carbocycles. The summed E-state index contributed by atoms with van der Waals surface area (Å²) in [6, 6.07) is 17.6. The molecular weight excluding hydrogens is 400 g/mol. The van der Waals surface area contributed by atoms with E-state index in [9.17, 15) is 13.2 Å². The maximum atomic E-state index is 12.8. The minimum atomic E-state index is -3.74. The highest BCUT2D eigenvalue weighted by atomic mass is 32.2. The molecule has 30 heavy (non-hydrogen) atoms. The fourth-order valence-corrected chi connectivity index (χ4v) is 4.63. The van der Waals surface area contributed by atoms with Crippen LogP contribution in [0.15, 0.2) is 78.0 Å². The number of rotatable bonds is 4. The number of nitrogens with zero attached hydrogens (tertiary/aromatic N) is 2. The van der Waals surface area contributed by atoms with Crippen LogP contribution in [0.3, 0.4) is 0 Å². The molecule has 1 aliphatic heterocycles. The molecule has 8 heteroatoms. The monoisotopic (exact) mass is 418 g/mol. The normalized spacial score (nSPS) is 13.7. The second kappa shape index (κ2) is 7.00. The Labute approximate surface area is 173 Å². The molecule has 0 saturated carbocycles. The number of amides is 1. The maximum absolute atomic E-state index is 12.8. The molecular formula is C22H18N4O3S. The molecule has 4 aromatic rings. The smallest absolute Gasteiger partial charge is 0.261 e. The van der Waals surface area contributed by atoms with Gasteiger partial charge in [0.1, 0.15) is 5.65 Å². The summed E-state index contributed by atoms with van der Waals surface area (Å²) in [5.74, 6) is -0.0538. The van der Waals surface area contributed by atoms with Crippen LogP contribution in [0, 0.1) is 0 Å². The van der Waals surface area contributed by atoms with Crippen LogP contribution >= 0.6 is 0 Å². The Morgan fingerprint density at radius 2 is 1.83 bits per heavy atom. The third-order valence-corrected chi connectivity index (χ3v) is 6.46. The first-order chi connectivity index (χ1) is 14.5. The highest BCUT2D eigenvalue weighted by Gasteiger charge is 2.20. The van der Waals surface area contributed by atoms with E-state index in [-0.39, 0.29) is 10.8 Å². The van der Waals surface area contributed by atoms with Crippen LogP contribution in [0.25, 0.3) is 16.9 Å². The molecule has 3 heterocycles. The predicted molar refractivity (Wildman–Crippen MR) is 115 cm³/mol. The number of carbonyl (C=O) groups is 1. The molecule has 1 aliphatic rings. The van der Waals surface area contributed by atoms with E-state index in [1.807, 2.05) is 47.1 Å². The van der Waals surface area contributed by atoms with Crippen LogP contribution < -0.4 is 10.0 Å². The predicted octanol–water partition coefficient (Wildman–Crippen LogP) is 3.69. The number of sulfonamides is 1. The molecule has 2 aromatic heterocycles. The van der Waals surface area contributed by atoms with Crippen LogP contribution in [0.1, 0.15) is 12.0 Å². The second-order valence-corrected chi connectivity index (χ2v) is 8.82. The quantitative estimate of drug-likeness (QED) is 0.529. The molecule has 0 radical (unpaired) electrons. The number of carbonyl (C=O) groups excluding carboxylic acids is 1. The first-order valence-corrected chi connectivity index (χ1v) is 11.0. The van der Waals surface area contributed by atoms with E-state index >= 15 is 0 Å². The number of pyridine rings is 1. The minimum absolute atomic E-state index is 0.0538. The summed E-state index contributed by atoms with van der Waals surface area (Å²) in [6.45, 7) is 0. The molecule has 0 spiro atoms. The van der Waals surface area contributed by atoms with Gasteiger partial charge in [0.2, 0.25) is 5.91 Å². The summed E-state index contributed by atoms with van der Waals surface area (Å²) < 4.78 is 30.2. The topological polar surface area (TPSA) is 92.6 Å². The van der Waals surface area contributed by atoms with Crippen LogP contribution in [-0.4, -0.2) is 23.7 Å². The van der Waals surface area contributed by atoms with Gasteiger partial charge < -0.3 is 9.72 Å². The number of benzene rings is 2. The van der Waals surface area contributed by atoms with E-state index in [2.05, 4.69) is 15.0 Å². The van der Waals surface area contributed by atoms with Gasteiger partial charge in [-0.2, -0.15) is 0 Å². The summed E-state index contributed by atoms with van der Waals surface area (Å²) in [5.41, 5.74) is 4.51. The number of aromatic nitrogens is 2. The Kier molecular flexibility index (Phi) is 4.29. The van der Waals surface area contributed by atoms with Crippen molar-refractivity contribution in [1.29, 1.82) is 0 Å². The molecule has 0 bridgehead atoms. The van der Waals surface area contributed by atoms with E-state index in [4.69, 9.17) is 0 Å². The number of fused-ring (bicyclic) bond motifs is 2. The lowest BCUT2D eigenvalue weighted by Crippen LogP contribution is -2.20. The van der Waals surface area contributed by atoms with Gasteiger partial charge in [-0.05, 0) is 54.4 Å². The highest BCUT2D eigenvalue weighted by Crippen LogP contribution is 2.27. The Hall–Kier alpha value is -3.65. The first-order valence-electron chi connectivity index (χ1n) is 9.48. The number of nitrogens with one attached hydrogen (secondary N) is 2. The maximum Gasteiger partial charge on any atom is 0.261 e. The molecule has 1 amide bonds. The van der Waals surface area contributed by atoms with Gasteiger partial charge in [-0.1, -0.05) is 18.2 Å². The number of anilines is 2. The lowest BCUT2D eigenvalue weighted by atomic mass is 10.0. The number of hydrogen-bond acceptors (Lipinski definition) is 4. The molecule has 0 saturated heterocycles. The van der Waals surface area contributed by atoms with Crippen LogP contribution in [0.4, 0.5) is 11.4 Å². The number of aryl methyl sites for hydroxylation is 1. The third-order valence-electron chi connectivity index (χ3n) is 5.08. The van der Waals surface area contributed by atoms with Crippen LogP contribution in [-0.2, 0) is 21.2 Å². The molecule has 0 atom stereocenters. The van der Waals surface area contributed by atoms with Crippen molar-refractivity contribution in [3.8, 4) is 11.3 Å². The third kappa shape index (κ3) is 3.42. The lowest BCUT2D eigenvalue weighted by Gasteiger charge is -2.18. The molecule has 5 rings (SSSR count). The summed E-state index contributed by atoms with van der Waals surface area (Å²) in [5, 5.41) is 2.76. The van der Waals surface area contributed by atoms with Gasteiger partial charge in [0.25, 0.3) is 10.0 Å². The van der Waals surface area contributed by atoms with Gasteiger partial charge in [0.15, 0.2) is 0 Å². The van der Waals surface area contributed by atoms with Crippen molar-refractivity contribution in [3.63, 3.8) is 0 Å². The van der Waals surface area contributed by atoms with Crippen molar-refractivity contribution < 1.29 is 13.2 Å². The van der Waals surface area contributed by atoms with E-state index in [0.717, 1.165) is 22.5 Å². The van der Waals surface area contributed by atoms with Gasteiger partial charge >= 0.3 is 0 Å². The van der Waals surface area contributed by atoms with Crippen molar-refractivity contribution in [2.75, 3.05) is 10.0 Å². The van der Waals surface area contributed by atoms with E-state index < -0.39 is 10.0 Å². The Balaban J connectivity index is 1.38. The molecule has 7 nitrogen and oxygen atoms in total. The SMILES string of the molecule is O=C1CCc2cc(S(=O)(=O)Nc3ccc(-c4cn5ccccc5n4)cc3)ccc2N1. The average molecular weight is 418 g/mol. The summed E-state index contributed by atoms with van der Waals surface area (Å²) >= 11 is 0. The van der Waals surface area contributed by atoms with E-state index in [1.54, 1.807) is 24.3 Å². The van der Waals surface area contributed by atoms with E-state index in [0.29, 0.717) is 24.2 Å². The Bertz CT molecular complexity index is 1340. The zero-order valence-electron chi connectivity index (χ0n) is 15.9. The van der Waals surface area contributed by atoms with Gasteiger partial charge in [-0.15, -0.1) is 0 Å². The number of imidazole rings is 1. The van der Waals surface area contributed by atoms with Crippen molar-refractivity contribution >= 4 is 33.0 Å². The second-order valence-electron chi connectivity index (χ2n) is 7.14. The van der Waals surface area contributed by atoms with Crippen LogP contribution in [0.5, 0.6) is 0 Å². The molecule has 2 N–H and O–H groups in total. The van der Waals surface area contributed by atoms with E-state index in [1.165, 1.54) is 6.07 Å². The first kappa shape index (κ1) is 18.4. The Morgan fingerprint density at radius 1 is 1.00 bits per heavy atom. The zero-order chi connectivity index (χ0) is 20.7. The van der Waals surface area contributed by atoms with Gasteiger partial charge in [0, 0.05) is 35.8 Å². The van der Waals surface area contributed by atoms with Crippen molar-refractivity contribution in [2.24, 2.45) is 0 Å². The zero-order valence-corrected chi connectivity index (χ0v) is 16.7. The molecule has 150 valence electrons.